The molecule has 11 rings (SSSR count). The van der Waals surface area contributed by atoms with E-state index in [2.05, 4.69) is 51.1 Å². The molecule has 1 fully saturated rings. The first-order valence-electron chi connectivity index (χ1n) is 19.5. The molecule has 12 nitrogen and oxygen atoms in total. The molecule has 0 amide bonds. The van der Waals surface area contributed by atoms with Gasteiger partial charge in [0.15, 0.2) is 34.5 Å². The van der Waals surface area contributed by atoms with E-state index in [1.54, 1.807) is 21.3 Å². The number of fused-ring (bicyclic) bond motifs is 3. The molecule has 294 valence electrons. The molecule has 0 N–H and O–H groups in total. The summed E-state index contributed by atoms with van der Waals surface area (Å²) >= 11 is 0. The Hall–Kier alpha value is -3.78. The van der Waals surface area contributed by atoms with Crippen LogP contribution in [0.4, 0.5) is 0 Å². The van der Waals surface area contributed by atoms with Gasteiger partial charge in [-0.2, -0.15) is 0 Å². The van der Waals surface area contributed by atoms with E-state index in [9.17, 15) is 0 Å². The highest BCUT2D eigenvalue weighted by atomic mass is 16.5. The van der Waals surface area contributed by atoms with Crippen molar-refractivity contribution in [2.75, 3.05) is 140 Å². The largest absolute Gasteiger partial charge is 0.493 e. The second kappa shape index (κ2) is 19.2. The van der Waals surface area contributed by atoms with Crippen molar-refractivity contribution in [2.24, 2.45) is 0 Å². The summed E-state index contributed by atoms with van der Waals surface area (Å²) < 4.78 is 56.2. The molecule has 0 radical (unpaired) electrons. The van der Waals surface area contributed by atoms with Crippen LogP contribution in [0.1, 0.15) is 33.4 Å². The quantitative estimate of drug-likeness (QED) is 0.304. The Kier molecular flexibility index (Phi) is 13.7. The lowest BCUT2D eigenvalue weighted by molar-refractivity contribution is 0.0322. The van der Waals surface area contributed by atoms with Crippen LogP contribution in [0.2, 0.25) is 0 Å². The van der Waals surface area contributed by atoms with Crippen LogP contribution in [-0.4, -0.2) is 154 Å². The third-order valence-electron chi connectivity index (χ3n) is 10.9. The van der Waals surface area contributed by atoms with Gasteiger partial charge in [0.2, 0.25) is 0 Å². The molecule has 7 aliphatic heterocycles. The molecule has 0 saturated carbocycles. The van der Waals surface area contributed by atoms with Crippen LogP contribution >= 0.6 is 0 Å². The minimum atomic E-state index is 0.505. The average Bonchev–Trinajstić information content (AvgIpc) is 3.23. The summed E-state index contributed by atoms with van der Waals surface area (Å²) in [6.07, 6.45) is 2.08. The molecular formula is C42H57N3O9. The van der Waals surface area contributed by atoms with Gasteiger partial charge in [0.1, 0.15) is 19.8 Å². The molecule has 7 heterocycles. The normalized spacial score (nSPS) is 23.1. The summed E-state index contributed by atoms with van der Waals surface area (Å²) in [6.45, 7) is 12.1. The molecule has 1 aliphatic carbocycles. The Morgan fingerprint density at radius 2 is 0.593 bits per heavy atom. The number of hydrogen-bond donors (Lipinski definition) is 0. The highest BCUT2D eigenvalue weighted by Gasteiger charge is 2.23. The Morgan fingerprint density at radius 1 is 0.352 bits per heavy atom. The van der Waals surface area contributed by atoms with Crippen LogP contribution in [0.3, 0.4) is 0 Å². The fourth-order valence-electron chi connectivity index (χ4n) is 7.68. The van der Waals surface area contributed by atoms with Crippen molar-refractivity contribution in [1.29, 1.82) is 0 Å². The van der Waals surface area contributed by atoms with E-state index in [4.69, 9.17) is 42.6 Å². The first-order chi connectivity index (χ1) is 26.6. The van der Waals surface area contributed by atoms with Crippen molar-refractivity contribution >= 4 is 0 Å². The number of hydrogen-bond acceptors (Lipinski definition) is 12. The van der Waals surface area contributed by atoms with Crippen molar-refractivity contribution < 1.29 is 42.6 Å². The van der Waals surface area contributed by atoms with Crippen molar-refractivity contribution in [3.63, 3.8) is 0 Å². The van der Waals surface area contributed by atoms with E-state index in [-0.39, 0.29) is 0 Å². The summed E-state index contributed by atoms with van der Waals surface area (Å²) in [5.74, 6) is 4.35. The standard InChI is InChI=1S/C42H57N3O9/c1-46-37-25-31-22-35-29-41-39(48-3)27-33(35)24-36-30-42-38(47-2)26-32(36)23-34(31)28-40(37)52-19-10-43-4-13-49-17-8-44(11-20-53-41)6-15-51-18-9-45(12-21-54-42)5-14-50-16-7-43/h25-30H,4-24H2,1-3H3. The molecule has 3 aromatic carbocycles. The molecule has 0 unspecified atom stereocenters. The van der Waals surface area contributed by atoms with Gasteiger partial charge in [-0.1, -0.05) is 0 Å². The molecule has 54 heavy (non-hydrogen) atoms. The van der Waals surface area contributed by atoms with Gasteiger partial charge < -0.3 is 42.6 Å². The summed E-state index contributed by atoms with van der Waals surface area (Å²) in [5, 5.41) is 0. The predicted molar refractivity (Wildman–Crippen MR) is 206 cm³/mol. The van der Waals surface area contributed by atoms with Crippen molar-refractivity contribution in [3.05, 3.63) is 69.8 Å². The van der Waals surface area contributed by atoms with Crippen LogP contribution in [0.5, 0.6) is 34.5 Å². The Bertz CT molecular complexity index is 1490. The van der Waals surface area contributed by atoms with Gasteiger partial charge in [-0.3, -0.25) is 14.7 Å². The first kappa shape index (κ1) is 38.5. The van der Waals surface area contributed by atoms with Crippen molar-refractivity contribution in [2.45, 2.75) is 19.3 Å². The van der Waals surface area contributed by atoms with Crippen LogP contribution in [0, 0.1) is 0 Å². The zero-order valence-corrected chi connectivity index (χ0v) is 32.3. The van der Waals surface area contributed by atoms with E-state index in [1.807, 2.05) is 0 Å². The predicted octanol–water partition coefficient (Wildman–Crippen LogP) is 3.93. The lowest BCUT2D eigenvalue weighted by Crippen LogP contribution is -2.38. The molecule has 12 heteroatoms. The topological polar surface area (TPSA) is 92.8 Å². The first-order valence-corrected chi connectivity index (χ1v) is 19.5. The maximum Gasteiger partial charge on any atom is 0.161 e. The van der Waals surface area contributed by atoms with Gasteiger partial charge in [-0.05, 0) is 89.0 Å². The van der Waals surface area contributed by atoms with Crippen LogP contribution in [0.25, 0.3) is 0 Å². The van der Waals surface area contributed by atoms with Gasteiger partial charge in [-0.15, -0.1) is 0 Å². The SMILES string of the molecule is COc1cc2c3cc1OCCN1CCOCCN4CCOCCN(CCOCC1)CCOc1cc(c(cc1OC)Cc1cc(c(OC)cc1C3)OCC4)C2. The van der Waals surface area contributed by atoms with E-state index in [0.29, 0.717) is 78.7 Å². The molecule has 0 aromatic heterocycles. The number of benzene rings is 3. The summed E-state index contributed by atoms with van der Waals surface area (Å²) in [4.78, 5) is 7.10. The smallest absolute Gasteiger partial charge is 0.161 e. The van der Waals surface area contributed by atoms with Gasteiger partial charge in [0, 0.05) is 58.9 Å². The van der Waals surface area contributed by atoms with Crippen LogP contribution in [0.15, 0.2) is 36.4 Å². The monoisotopic (exact) mass is 747 g/mol. The second-order valence-corrected chi connectivity index (χ2v) is 14.3. The number of nitrogens with zero attached hydrogens (tertiary/aromatic N) is 3. The van der Waals surface area contributed by atoms with Gasteiger partial charge >= 0.3 is 0 Å². The highest BCUT2D eigenvalue weighted by Crippen LogP contribution is 2.41. The van der Waals surface area contributed by atoms with Gasteiger partial charge in [0.05, 0.1) is 61.0 Å². The maximum absolute atomic E-state index is 6.56. The third-order valence-corrected chi connectivity index (χ3v) is 10.9. The van der Waals surface area contributed by atoms with Crippen LogP contribution < -0.4 is 28.4 Å². The average molecular weight is 748 g/mol. The molecule has 3 aromatic rings. The fraction of sp³-hybridized carbons (Fsp3) is 0.571. The van der Waals surface area contributed by atoms with Crippen molar-refractivity contribution in [1.82, 2.24) is 14.7 Å². The zero-order chi connectivity index (χ0) is 37.1. The summed E-state index contributed by atoms with van der Waals surface area (Å²) in [7, 11) is 5.13. The number of methoxy groups -OCH3 is 3. The zero-order valence-electron chi connectivity index (χ0n) is 32.3. The van der Waals surface area contributed by atoms with Crippen LogP contribution in [-0.2, 0) is 33.5 Å². The highest BCUT2D eigenvalue weighted by molar-refractivity contribution is 5.58. The minimum absolute atomic E-state index is 0.505. The summed E-state index contributed by atoms with van der Waals surface area (Å²) in [5.41, 5.74) is 7.03. The summed E-state index contributed by atoms with van der Waals surface area (Å²) in [6, 6.07) is 12.9. The lowest BCUT2D eigenvalue weighted by atomic mass is 9.94. The number of ether oxygens (including phenoxy) is 9. The van der Waals surface area contributed by atoms with Gasteiger partial charge in [0.25, 0.3) is 0 Å². The van der Waals surface area contributed by atoms with Crippen molar-refractivity contribution in [3.8, 4) is 34.5 Å². The fourth-order valence-corrected chi connectivity index (χ4v) is 7.68. The molecule has 8 aliphatic rings. The third kappa shape index (κ3) is 9.90. The van der Waals surface area contributed by atoms with E-state index in [0.717, 1.165) is 93.4 Å². The second-order valence-electron chi connectivity index (χ2n) is 14.3. The lowest BCUT2D eigenvalue weighted by Gasteiger charge is -2.26. The number of rotatable bonds is 3. The Morgan fingerprint density at radius 3 is 0.852 bits per heavy atom. The molecule has 0 atom stereocenters. The van der Waals surface area contributed by atoms with E-state index >= 15 is 0 Å². The van der Waals surface area contributed by atoms with E-state index in [1.165, 1.54) is 33.4 Å². The molecule has 12 bridgehead atoms. The molecular weight excluding hydrogens is 690 g/mol. The van der Waals surface area contributed by atoms with E-state index < -0.39 is 0 Å². The Balaban J connectivity index is 1.37. The molecule has 1 saturated heterocycles. The van der Waals surface area contributed by atoms with Gasteiger partial charge in [-0.25, -0.2) is 0 Å². The molecule has 0 spiro atoms. The minimum Gasteiger partial charge on any atom is -0.493 e. The Labute approximate surface area is 320 Å². The maximum atomic E-state index is 6.56.